The molecule has 1 aromatic rings. The fraction of sp³-hybridized carbons (Fsp3) is 0.625. The molecule has 2 heterocycles. The van der Waals surface area contributed by atoms with Crippen molar-refractivity contribution in [2.45, 2.75) is 26.3 Å². The number of pyridine rings is 1. The number of rotatable bonds is 7. The third-order valence-electron chi connectivity index (χ3n) is 3.85. The molecule has 1 aromatic heterocycles. The standard InChI is InChI=1S/C16H26N4O2/c1-3-13(2)19-16(21)14-10-15(12-17-11-14)18-4-5-20-6-8-22-9-7-20/h10-13,18H,3-9H2,1-2H3,(H,19,21). The third kappa shape index (κ3) is 5.27. The molecule has 0 spiro atoms. The van der Waals surface area contributed by atoms with Gasteiger partial charge in [-0.2, -0.15) is 0 Å². The Morgan fingerprint density at radius 3 is 2.91 bits per heavy atom. The molecule has 0 saturated carbocycles. The van der Waals surface area contributed by atoms with E-state index in [1.54, 1.807) is 12.4 Å². The second kappa shape index (κ2) is 8.70. The number of anilines is 1. The van der Waals surface area contributed by atoms with Crippen LogP contribution in [0.4, 0.5) is 5.69 Å². The molecule has 0 aliphatic carbocycles. The minimum atomic E-state index is -0.0707. The second-order valence-electron chi connectivity index (χ2n) is 5.63. The Kier molecular flexibility index (Phi) is 6.61. The van der Waals surface area contributed by atoms with Gasteiger partial charge in [0.05, 0.1) is 24.5 Å². The van der Waals surface area contributed by atoms with Crippen LogP contribution in [0.2, 0.25) is 0 Å². The summed E-state index contributed by atoms with van der Waals surface area (Å²) in [6.07, 6.45) is 4.26. The summed E-state index contributed by atoms with van der Waals surface area (Å²) < 4.78 is 5.33. The van der Waals surface area contributed by atoms with Crippen LogP contribution in [0.5, 0.6) is 0 Å². The SMILES string of the molecule is CCC(C)NC(=O)c1cncc(NCCN2CCOCC2)c1. The lowest BCUT2D eigenvalue weighted by Gasteiger charge is -2.26. The number of hydrogen-bond acceptors (Lipinski definition) is 5. The zero-order valence-corrected chi connectivity index (χ0v) is 13.5. The molecular formula is C16H26N4O2. The smallest absolute Gasteiger partial charge is 0.253 e. The van der Waals surface area contributed by atoms with E-state index in [2.05, 4.69) is 20.5 Å². The van der Waals surface area contributed by atoms with E-state index in [0.717, 1.165) is 51.5 Å². The van der Waals surface area contributed by atoms with Gasteiger partial charge in [-0.25, -0.2) is 0 Å². The van der Waals surface area contributed by atoms with Gasteiger partial charge in [-0.1, -0.05) is 6.92 Å². The summed E-state index contributed by atoms with van der Waals surface area (Å²) in [5.74, 6) is -0.0707. The van der Waals surface area contributed by atoms with Gasteiger partial charge in [-0.15, -0.1) is 0 Å². The summed E-state index contributed by atoms with van der Waals surface area (Å²) in [4.78, 5) is 18.6. The molecule has 1 saturated heterocycles. The number of nitrogens with zero attached hydrogens (tertiary/aromatic N) is 2. The number of carbonyl (C=O) groups excluding carboxylic acids is 1. The molecule has 2 rings (SSSR count). The minimum Gasteiger partial charge on any atom is -0.382 e. The van der Waals surface area contributed by atoms with Crippen molar-refractivity contribution in [3.8, 4) is 0 Å². The van der Waals surface area contributed by atoms with Crippen molar-refractivity contribution < 1.29 is 9.53 Å². The minimum absolute atomic E-state index is 0.0707. The fourth-order valence-electron chi connectivity index (χ4n) is 2.25. The Morgan fingerprint density at radius 2 is 2.18 bits per heavy atom. The molecule has 1 fully saturated rings. The van der Waals surface area contributed by atoms with Gasteiger partial charge >= 0.3 is 0 Å². The molecule has 1 atom stereocenters. The van der Waals surface area contributed by atoms with Crippen LogP contribution < -0.4 is 10.6 Å². The zero-order valence-electron chi connectivity index (χ0n) is 13.5. The van der Waals surface area contributed by atoms with Crippen LogP contribution in [0.25, 0.3) is 0 Å². The summed E-state index contributed by atoms with van der Waals surface area (Å²) in [5, 5.41) is 6.28. The first-order valence-corrected chi connectivity index (χ1v) is 7.99. The predicted octanol–water partition coefficient (Wildman–Crippen LogP) is 1.35. The molecule has 122 valence electrons. The maximum absolute atomic E-state index is 12.1. The van der Waals surface area contributed by atoms with Gasteiger partial charge < -0.3 is 15.4 Å². The van der Waals surface area contributed by atoms with Gasteiger partial charge in [0, 0.05) is 44.6 Å². The number of morpholine rings is 1. The van der Waals surface area contributed by atoms with E-state index in [4.69, 9.17) is 4.74 Å². The Morgan fingerprint density at radius 1 is 1.41 bits per heavy atom. The van der Waals surface area contributed by atoms with Crippen molar-refractivity contribution in [2.75, 3.05) is 44.7 Å². The lowest BCUT2D eigenvalue weighted by molar-refractivity contribution is 0.0398. The maximum atomic E-state index is 12.1. The van der Waals surface area contributed by atoms with E-state index < -0.39 is 0 Å². The van der Waals surface area contributed by atoms with E-state index >= 15 is 0 Å². The van der Waals surface area contributed by atoms with Crippen LogP contribution in [0.3, 0.4) is 0 Å². The van der Waals surface area contributed by atoms with E-state index in [-0.39, 0.29) is 11.9 Å². The number of aromatic nitrogens is 1. The number of hydrogen-bond donors (Lipinski definition) is 2. The molecule has 1 unspecified atom stereocenters. The zero-order chi connectivity index (χ0) is 15.8. The highest BCUT2D eigenvalue weighted by molar-refractivity contribution is 5.94. The van der Waals surface area contributed by atoms with Crippen molar-refractivity contribution in [1.82, 2.24) is 15.2 Å². The van der Waals surface area contributed by atoms with Crippen LogP contribution in [-0.4, -0.2) is 61.2 Å². The van der Waals surface area contributed by atoms with Crippen molar-refractivity contribution in [3.63, 3.8) is 0 Å². The van der Waals surface area contributed by atoms with Crippen LogP contribution in [0.15, 0.2) is 18.5 Å². The molecule has 0 radical (unpaired) electrons. The van der Waals surface area contributed by atoms with Gasteiger partial charge in [-0.3, -0.25) is 14.7 Å². The lowest BCUT2D eigenvalue weighted by atomic mass is 10.2. The van der Waals surface area contributed by atoms with E-state index in [9.17, 15) is 4.79 Å². The summed E-state index contributed by atoms with van der Waals surface area (Å²) in [6, 6.07) is 2.02. The molecule has 6 heteroatoms. The molecule has 2 N–H and O–H groups in total. The van der Waals surface area contributed by atoms with Crippen LogP contribution >= 0.6 is 0 Å². The molecule has 1 amide bonds. The normalized spacial score (nSPS) is 17.0. The molecular weight excluding hydrogens is 280 g/mol. The quantitative estimate of drug-likeness (QED) is 0.796. The summed E-state index contributed by atoms with van der Waals surface area (Å²) in [6.45, 7) is 9.43. The Labute approximate surface area is 132 Å². The summed E-state index contributed by atoms with van der Waals surface area (Å²) >= 11 is 0. The van der Waals surface area contributed by atoms with E-state index in [1.165, 1.54) is 0 Å². The number of ether oxygens (including phenoxy) is 1. The first-order chi connectivity index (χ1) is 10.7. The van der Waals surface area contributed by atoms with Gasteiger partial charge in [0.25, 0.3) is 5.91 Å². The van der Waals surface area contributed by atoms with Gasteiger partial charge in [0.15, 0.2) is 0 Å². The van der Waals surface area contributed by atoms with Gasteiger partial charge in [0.2, 0.25) is 0 Å². The van der Waals surface area contributed by atoms with Crippen molar-refractivity contribution in [2.24, 2.45) is 0 Å². The van der Waals surface area contributed by atoms with Crippen LogP contribution in [-0.2, 0) is 4.74 Å². The largest absolute Gasteiger partial charge is 0.382 e. The van der Waals surface area contributed by atoms with Crippen molar-refractivity contribution in [1.29, 1.82) is 0 Å². The highest BCUT2D eigenvalue weighted by atomic mass is 16.5. The molecule has 6 nitrogen and oxygen atoms in total. The molecule has 22 heavy (non-hydrogen) atoms. The maximum Gasteiger partial charge on any atom is 0.253 e. The van der Waals surface area contributed by atoms with Gasteiger partial charge in [0.1, 0.15) is 0 Å². The summed E-state index contributed by atoms with van der Waals surface area (Å²) in [7, 11) is 0. The predicted molar refractivity (Wildman–Crippen MR) is 87.2 cm³/mol. The summed E-state index contributed by atoms with van der Waals surface area (Å²) in [5.41, 5.74) is 1.47. The highest BCUT2D eigenvalue weighted by Gasteiger charge is 2.11. The average molecular weight is 306 g/mol. The monoisotopic (exact) mass is 306 g/mol. The van der Waals surface area contributed by atoms with Crippen molar-refractivity contribution >= 4 is 11.6 Å². The van der Waals surface area contributed by atoms with E-state index in [1.807, 2.05) is 19.9 Å². The Bertz CT molecular complexity index is 475. The number of nitrogens with one attached hydrogen (secondary N) is 2. The highest BCUT2D eigenvalue weighted by Crippen LogP contribution is 2.09. The van der Waals surface area contributed by atoms with E-state index in [0.29, 0.717) is 5.56 Å². The molecule has 1 aliphatic heterocycles. The lowest BCUT2D eigenvalue weighted by Crippen LogP contribution is -2.39. The fourth-order valence-corrected chi connectivity index (χ4v) is 2.25. The average Bonchev–Trinajstić information content (AvgIpc) is 2.56. The van der Waals surface area contributed by atoms with Gasteiger partial charge in [-0.05, 0) is 19.4 Å². The number of carbonyl (C=O) groups is 1. The third-order valence-corrected chi connectivity index (χ3v) is 3.85. The first kappa shape index (κ1) is 16.7. The molecule has 0 bridgehead atoms. The topological polar surface area (TPSA) is 66.5 Å². The molecule has 0 aromatic carbocycles. The number of amides is 1. The van der Waals surface area contributed by atoms with Crippen LogP contribution in [0, 0.1) is 0 Å². The Balaban J connectivity index is 1.81. The molecule has 1 aliphatic rings. The second-order valence-corrected chi connectivity index (χ2v) is 5.63. The van der Waals surface area contributed by atoms with Crippen molar-refractivity contribution in [3.05, 3.63) is 24.0 Å². The first-order valence-electron chi connectivity index (χ1n) is 7.99. The van der Waals surface area contributed by atoms with Crippen LogP contribution in [0.1, 0.15) is 30.6 Å². The Hall–Kier alpha value is -1.66.